The average Bonchev–Trinajstić information content (AvgIpc) is 3.10. The van der Waals surface area contributed by atoms with Gasteiger partial charge in [0.15, 0.2) is 11.5 Å². The summed E-state index contributed by atoms with van der Waals surface area (Å²) < 4.78 is 10.8. The van der Waals surface area contributed by atoms with Gasteiger partial charge in [-0.3, -0.25) is 9.59 Å². The number of benzene rings is 2. The molecule has 2 N–H and O–H groups in total. The standard InChI is InChI=1S/C24H30N4O4/c1-7-18(23-17-12-20(31-5)21(32-6)13-19(17)26-24(23)30)25-15-8-10-16(11-9-15)28(4)22(29)14-27(2)3/h8-13,25H,7,14H2,1-6H3,(H,26,30). The molecule has 0 fully saturated rings. The number of hydrogen-bond acceptors (Lipinski definition) is 6. The monoisotopic (exact) mass is 438 g/mol. The van der Waals surface area contributed by atoms with Crippen molar-refractivity contribution in [1.29, 1.82) is 0 Å². The first-order chi connectivity index (χ1) is 15.3. The number of likely N-dealkylation sites (N-methyl/N-ethyl adjacent to an activating group) is 2. The summed E-state index contributed by atoms with van der Waals surface area (Å²) in [5.74, 6) is 0.953. The Hall–Kier alpha value is -3.52. The predicted molar refractivity (Wildman–Crippen MR) is 127 cm³/mol. The molecule has 8 heteroatoms. The van der Waals surface area contributed by atoms with Gasteiger partial charge < -0.3 is 29.9 Å². The molecule has 2 aromatic carbocycles. The maximum Gasteiger partial charge on any atom is 0.258 e. The summed E-state index contributed by atoms with van der Waals surface area (Å²) in [4.78, 5) is 28.5. The van der Waals surface area contributed by atoms with Crippen molar-refractivity contribution in [2.45, 2.75) is 13.3 Å². The third-order valence-electron chi connectivity index (χ3n) is 5.30. The summed E-state index contributed by atoms with van der Waals surface area (Å²) >= 11 is 0. The van der Waals surface area contributed by atoms with Crippen LogP contribution in [0.5, 0.6) is 11.5 Å². The minimum Gasteiger partial charge on any atom is -0.493 e. The lowest BCUT2D eigenvalue weighted by atomic mass is 10.0. The molecule has 1 heterocycles. The zero-order chi connectivity index (χ0) is 23.4. The van der Waals surface area contributed by atoms with E-state index in [0.29, 0.717) is 35.7 Å². The molecule has 0 aliphatic carbocycles. The molecular weight excluding hydrogens is 408 g/mol. The molecule has 3 rings (SSSR count). The number of anilines is 3. The molecule has 0 saturated heterocycles. The van der Waals surface area contributed by atoms with Gasteiger partial charge in [0.05, 0.1) is 32.0 Å². The molecule has 1 aliphatic heterocycles. The van der Waals surface area contributed by atoms with Gasteiger partial charge in [-0.15, -0.1) is 0 Å². The number of methoxy groups -OCH3 is 2. The largest absolute Gasteiger partial charge is 0.493 e. The van der Waals surface area contributed by atoms with Crippen LogP contribution in [0.2, 0.25) is 0 Å². The second-order valence-corrected chi connectivity index (χ2v) is 7.78. The van der Waals surface area contributed by atoms with Crippen molar-refractivity contribution in [2.75, 3.05) is 57.4 Å². The first-order valence-corrected chi connectivity index (χ1v) is 10.4. The number of amides is 2. The van der Waals surface area contributed by atoms with Crippen LogP contribution in [0.25, 0.3) is 5.57 Å². The van der Waals surface area contributed by atoms with Gasteiger partial charge >= 0.3 is 0 Å². The molecule has 32 heavy (non-hydrogen) atoms. The fourth-order valence-corrected chi connectivity index (χ4v) is 3.59. The summed E-state index contributed by atoms with van der Waals surface area (Å²) in [6.07, 6.45) is 0.625. The highest BCUT2D eigenvalue weighted by molar-refractivity contribution is 6.32. The molecule has 8 nitrogen and oxygen atoms in total. The van der Waals surface area contributed by atoms with E-state index in [9.17, 15) is 9.59 Å². The lowest BCUT2D eigenvalue weighted by Gasteiger charge is -2.20. The highest BCUT2D eigenvalue weighted by Gasteiger charge is 2.29. The van der Waals surface area contributed by atoms with Gasteiger partial charge in [-0.05, 0) is 50.8 Å². The first kappa shape index (κ1) is 23.1. The number of fused-ring (bicyclic) bond motifs is 1. The number of ether oxygens (including phenoxy) is 2. The molecule has 170 valence electrons. The molecule has 2 aromatic rings. The SMILES string of the molecule is CCC(Nc1ccc(N(C)C(=O)CN(C)C)cc1)=C1C(=O)Nc2cc(OC)c(OC)cc21. The van der Waals surface area contributed by atoms with E-state index in [1.54, 1.807) is 32.2 Å². The van der Waals surface area contributed by atoms with Gasteiger partial charge in [0, 0.05) is 35.7 Å². The summed E-state index contributed by atoms with van der Waals surface area (Å²) in [6.45, 7) is 2.33. The molecule has 2 amide bonds. The third kappa shape index (κ3) is 4.70. The Bertz CT molecular complexity index is 1040. The van der Waals surface area contributed by atoms with Gasteiger partial charge in [0.1, 0.15) is 0 Å². The lowest BCUT2D eigenvalue weighted by Crippen LogP contribution is -2.34. The van der Waals surface area contributed by atoms with Gasteiger partial charge in [-0.2, -0.15) is 0 Å². The Morgan fingerprint density at radius 2 is 1.66 bits per heavy atom. The second-order valence-electron chi connectivity index (χ2n) is 7.78. The van der Waals surface area contributed by atoms with Crippen molar-refractivity contribution >= 4 is 34.4 Å². The Morgan fingerprint density at radius 1 is 1.03 bits per heavy atom. The molecule has 0 atom stereocenters. The van der Waals surface area contributed by atoms with Crippen molar-refractivity contribution in [3.63, 3.8) is 0 Å². The Balaban J connectivity index is 1.89. The van der Waals surface area contributed by atoms with E-state index < -0.39 is 0 Å². The Kier molecular flexibility index (Phi) is 7.05. The normalized spacial score (nSPS) is 14.0. The number of nitrogens with zero attached hydrogens (tertiary/aromatic N) is 2. The van der Waals surface area contributed by atoms with E-state index >= 15 is 0 Å². The van der Waals surface area contributed by atoms with Gasteiger partial charge in [0.2, 0.25) is 5.91 Å². The molecule has 0 radical (unpaired) electrons. The van der Waals surface area contributed by atoms with Crippen LogP contribution in [0.15, 0.2) is 42.1 Å². The average molecular weight is 439 g/mol. The van der Waals surface area contributed by atoms with Crippen LogP contribution in [0.3, 0.4) is 0 Å². The van der Waals surface area contributed by atoms with Crippen molar-refractivity contribution in [1.82, 2.24) is 4.90 Å². The van der Waals surface area contributed by atoms with Crippen LogP contribution in [0.1, 0.15) is 18.9 Å². The number of hydrogen-bond donors (Lipinski definition) is 2. The van der Waals surface area contributed by atoms with Gasteiger partial charge in [-0.1, -0.05) is 6.92 Å². The van der Waals surface area contributed by atoms with Crippen LogP contribution >= 0.6 is 0 Å². The van der Waals surface area contributed by atoms with E-state index in [1.165, 1.54) is 0 Å². The molecule has 0 spiro atoms. The Labute approximate surface area is 188 Å². The van der Waals surface area contributed by atoms with E-state index in [4.69, 9.17) is 9.47 Å². The van der Waals surface area contributed by atoms with Crippen molar-refractivity contribution in [3.05, 3.63) is 47.7 Å². The van der Waals surface area contributed by atoms with Gasteiger partial charge in [0.25, 0.3) is 5.91 Å². The quantitative estimate of drug-likeness (QED) is 0.615. The smallest absolute Gasteiger partial charge is 0.258 e. The molecule has 0 bridgehead atoms. The van der Waals surface area contributed by atoms with Gasteiger partial charge in [-0.25, -0.2) is 0 Å². The zero-order valence-corrected chi connectivity index (χ0v) is 19.4. The van der Waals surface area contributed by atoms with Crippen molar-refractivity contribution in [2.24, 2.45) is 0 Å². The molecule has 0 aromatic heterocycles. The molecular formula is C24H30N4O4. The lowest BCUT2D eigenvalue weighted by molar-refractivity contribution is -0.119. The van der Waals surface area contributed by atoms with Crippen LogP contribution in [-0.2, 0) is 9.59 Å². The van der Waals surface area contributed by atoms with E-state index in [1.807, 2.05) is 56.3 Å². The number of rotatable bonds is 8. The summed E-state index contributed by atoms with van der Waals surface area (Å²) in [6, 6.07) is 11.1. The second kappa shape index (κ2) is 9.74. The fourth-order valence-electron chi connectivity index (χ4n) is 3.59. The maximum absolute atomic E-state index is 12.8. The third-order valence-corrected chi connectivity index (χ3v) is 5.30. The number of allylic oxidation sites excluding steroid dienone is 1. The summed E-state index contributed by atoms with van der Waals surface area (Å²) in [5.41, 5.74) is 4.45. The Morgan fingerprint density at radius 3 is 2.22 bits per heavy atom. The molecule has 0 saturated carbocycles. The zero-order valence-electron chi connectivity index (χ0n) is 19.4. The number of carbonyl (C=O) groups is 2. The number of nitrogens with one attached hydrogen (secondary N) is 2. The van der Waals surface area contributed by atoms with E-state index in [2.05, 4.69) is 10.6 Å². The van der Waals surface area contributed by atoms with Crippen LogP contribution in [0.4, 0.5) is 17.1 Å². The maximum atomic E-state index is 12.8. The summed E-state index contributed by atoms with van der Waals surface area (Å²) in [5, 5.41) is 6.28. The number of carbonyl (C=O) groups excluding carboxylic acids is 2. The van der Waals surface area contributed by atoms with Crippen molar-refractivity contribution in [3.8, 4) is 11.5 Å². The van der Waals surface area contributed by atoms with Crippen LogP contribution in [0, 0.1) is 0 Å². The first-order valence-electron chi connectivity index (χ1n) is 10.4. The van der Waals surface area contributed by atoms with E-state index in [-0.39, 0.29) is 11.8 Å². The highest BCUT2D eigenvalue weighted by Crippen LogP contribution is 2.42. The fraction of sp³-hybridized carbons (Fsp3) is 0.333. The topological polar surface area (TPSA) is 83.1 Å². The van der Waals surface area contributed by atoms with Crippen LogP contribution < -0.4 is 25.0 Å². The van der Waals surface area contributed by atoms with Crippen LogP contribution in [-0.4, -0.2) is 58.6 Å². The molecule has 0 unspecified atom stereocenters. The predicted octanol–water partition coefficient (Wildman–Crippen LogP) is 3.41. The van der Waals surface area contributed by atoms with E-state index in [0.717, 1.165) is 22.6 Å². The highest BCUT2D eigenvalue weighted by atomic mass is 16.5. The summed E-state index contributed by atoms with van der Waals surface area (Å²) in [7, 11) is 8.61. The molecule has 1 aliphatic rings. The minimum atomic E-state index is -0.176. The minimum absolute atomic E-state index is 0.00989. The van der Waals surface area contributed by atoms with Crippen molar-refractivity contribution < 1.29 is 19.1 Å².